The highest BCUT2D eigenvalue weighted by atomic mass is 16.6. The molecule has 2 aliphatic rings. The first-order valence-electron chi connectivity index (χ1n) is 6.26. The molecule has 0 amide bonds. The molecule has 0 saturated carbocycles. The normalized spacial score (nSPS) is 22.5. The topological polar surface area (TPSA) is 42.5 Å². The maximum absolute atomic E-state index is 5.56. The molecule has 3 rings (SSSR count). The molecule has 92 valence electrons. The van der Waals surface area contributed by atoms with Crippen molar-refractivity contribution in [3.8, 4) is 11.5 Å². The minimum Gasteiger partial charge on any atom is -0.486 e. The monoisotopic (exact) mass is 234 g/mol. The molecular weight excluding hydrogens is 216 g/mol. The summed E-state index contributed by atoms with van der Waals surface area (Å²) in [7, 11) is 0. The lowest BCUT2D eigenvalue weighted by Crippen LogP contribution is -2.18. The van der Waals surface area contributed by atoms with E-state index in [1.807, 2.05) is 12.1 Å². The molecule has 1 aromatic rings. The van der Waals surface area contributed by atoms with E-state index in [1.165, 1.54) is 6.42 Å². The maximum Gasteiger partial charge on any atom is 0.163 e. The van der Waals surface area contributed by atoms with Crippen LogP contribution in [0.25, 0.3) is 0 Å². The van der Waals surface area contributed by atoms with Gasteiger partial charge in [-0.25, -0.2) is 0 Å². The molecule has 1 fully saturated rings. The van der Waals surface area contributed by atoms with Crippen LogP contribution in [-0.4, -0.2) is 32.8 Å². The van der Waals surface area contributed by atoms with Crippen molar-refractivity contribution in [1.29, 1.82) is 0 Å². The summed E-state index contributed by atoms with van der Waals surface area (Å²) in [6, 6.07) is 6.05. The highest BCUT2D eigenvalue weighted by Gasteiger charge is 2.15. The Hall–Kier alpha value is -1.42. The van der Waals surface area contributed by atoms with Crippen molar-refractivity contribution in [3.63, 3.8) is 0 Å². The molecule has 0 spiro atoms. The Balaban J connectivity index is 1.62. The summed E-state index contributed by atoms with van der Waals surface area (Å²) < 4.78 is 11.1. The summed E-state index contributed by atoms with van der Waals surface area (Å²) >= 11 is 0. The SMILES string of the molecule is c1cc2c(cc1NCC1CCNC1)OCCO2. The first kappa shape index (κ1) is 10.7. The molecule has 0 bridgehead atoms. The minimum atomic E-state index is 0.642. The van der Waals surface area contributed by atoms with Gasteiger partial charge in [0, 0.05) is 18.3 Å². The second kappa shape index (κ2) is 4.84. The van der Waals surface area contributed by atoms with Crippen molar-refractivity contribution in [1.82, 2.24) is 5.32 Å². The van der Waals surface area contributed by atoms with Crippen LogP contribution >= 0.6 is 0 Å². The van der Waals surface area contributed by atoms with Gasteiger partial charge in [0.05, 0.1) is 0 Å². The van der Waals surface area contributed by atoms with Crippen LogP contribution < -0.4 is 20.1 Å². The quantitative estimate of drug-likeness (QED) is 0.831. The van der Waals surface area contributed by atoms with Crippen molar-refractivity contribution >= 4 is 5.69 Å². The Morgan fingerprint density at radius 2 is 2.12 bits per heavy atom. The average molecular weight is 234 g/mol. The molecule has 17 heavy (non-hydrogen) atoms. The van der Waals surface area contributed by atoms with Gasteiger partial charge in [0.15, 0.2) is 11.5 Å². The van der Waals surface area contributed by atoms with Crippen LogP contribution in [0, 0.1) is 5.92 Å². The molecule has 2 N–H and O–H groups in total. The number of anilines is 1. The summed E-state index contributed by atoms with van der Waals surface area (Å²) in [6.45, 7) is 4.58. The number of hydrogen-bond donors (Lipinski definition) is 2. The van der Waals surface area contributed by atoms with E-state index < -0.39 is 0 Å². The van der Waals surface area contributed by atoms with Crippen LogP contribution in [0.4, 0.5) is 5.69 Å². The predicted molar refractivity (Wildman–Crippen MR) is 66.9 cm³/mol. The van der Waals surface area contributed by atoms with Crippen molar-refractivity contribution < 1.29 is 9.47 Å². The third-order valence-electron chi connectivity index (χ3n) is 3.30. The van der Waals surface area contributed by atoms with Crippen molar-refractivity contribution in [2.24, 2.45) is 5.92 Å². The van der Waals surface area contributed by atoms with Gasteiger partial charge in [-0.2, -0.15) is 0 Å². The maximum atomic E-state index is 5.56. The molecule has 0 radical (unpaired) electrons. The highest BCUT2D eigenvalue weighted by molar-refractivity contribution is 5.55. The average Bonchev–Trinajstić information content (AvgIpc) is 2.89. The largest absolute Gasteiger partial charge is 0.486 e. The second-order valence-electron chi connectivity index (χ2n) is 4.60. The van der Waals surface area contributed by atoms with Crippen molar-refractivity contribution in [2.45, 2.75) is 6.42 Å². The fraction of sp³-hybridized carbons (Fsp3) is 0.538. The lowest BCUT2D eigenvalue weighted by Gasteiger charge is -2.19. The molecule has 4 nitrogen and oxygen atoms in total. The molecule has 0 aromatic heterocycles. The molecule has 4 heteroatoms. The fourth-order valence-electron chi connectivity index (χ4n) is 2.30. The first-order valence-corrected chi connectivity index (χ1v) is 6.26. The van der Waals surface area contributed by atoms with E-state index in [0.29, 0.717) is 13.2 Å². The van der Waals surface area contributed by atoms with Gasteiger partial charge in [0.25, 0.3) is 0 Å². The molecule has 1 saturated heterocycles. The number of rotatable bonds is 3. The van der Waals surface area contributed by atoms with Crippen molar-refractivity contribution in [3.05, 3.63) is 18.2 Å². The Bertz CT molecular complexity index is 389. The smallest absolute Gasteiger partial charge is 0.163 e. The number of hydrogen-bond acceptors (Lipinski definition) is 4. The van der Waals surface area contributed by atoms with Crippen LogP contribution in [-0.2, 0) is 0 Å². The predicted octanol–water partition coefficient (Wildman–Crippen LogP) is 1.48. The highest BCUT2D eigenvalue weighted by Crippen LogP contribution is 2.32. The third-order valence-corrected chi connectivity index (χ3v) is 3.30. The van der Waals surface area contributed by atoms with Gasteiger partial charge in [0.1, 0.15) is 13.2 Å². The van der Waals surface area contributed by atoms with Gasteiger partial charge in [0.2, 0.25) is 0 Å². The zero-order chi connectivity index (χ0) is 11.5. The molecule has 1 atom stereocenters. The lowest BCUT2D eigenvalue weighted by atomic mass is 10.1. The van der Waals surface area contributed by atoms with E-state index in [9.17, 15) is 0 Å². The first-order chi connectivity index (χ1) is 8.42. The van der Waals surface area contributed by atoms with Gasteiger partial charge in [-0.05, 0) is 37.6 Å². The molecule has 0 aliphatic carbocycles. The van der Waals surface area contributed by atoms with E-state index in [0.717, 1.165) is 42.7 Å². The summed E-state index contributed by atoms with van der Waals surface area (Å²) in [4.78, 5) is 0. The summed E-state index contributed by atoms with van der Waals surface area (Å²) in [5.41, 5.74) is 1.11. The number of benzene rings is 1. The van der Waals surface area contributed by atoms with Crippen LogP contribution in [0.3, 0.4) is 0 Å². The Kier molecular flexibility index (Phi) is 3.05. The van der Waals surface area contributed by atoms with Crippen LogP contribution in [0.1, 0.15) is 6.42 Å². The Labute approximate surface area is 101 Å². The zero-order valence-electron chi connectivity index (χ0n) is 9.87. The molecule has 1 unspecified atom stereocenters. The van der Waals surface area contributed by atoms with E-state index >= 15 is 0 Å². The summed E-state index contributed by atoms with van der Waals surface area (Å²) in [5.74, 6) is 2.44. The third kappa shape index (κ3) is 2.47. The molecule has 1 aromatic carbocycles. The van der Waals surface area contributed by atoms with Crippen LogP contribution in [0.5, 0.6) is 11.5 Å². The Morgan fingerprint density at radius 1 is 1.24 bits per heavy atom. The minimum absolute atomic E-state index is 0.642. The van der Waals surface area contributed by atoms with Gasteiger partial charge in [-0.3, -0.25) is 0 Å². The number of fused-ring (bicyclic) bond motifs is 1. The molecule has 2 aliphatic heterocycles. The standard InChI is InChI=1S/C13H18N2O2/c1-2-12-13(17-6-5-16-12)7-11(1)15-9-10-3-4-14-8-10/h1-2,7,10,14-15H,3-6,8-9H2. The fourth-order valence-corrected chi connectivity index (χ4v) is 2.30. The van der Waals surface area contributed by atoms with E-state index in [-0.39, 0.29) is 0 Å². The number of nitrogens with one attached hydrogen (secondary N) is 2. The van der Waals surface area contributed by atoms with E-state index in [1.54, 1.807) is 0 Å². The van der Waals surface area contributed by atoms with Crippen molar-refractivity contribution in [2.75, 3.05) is 38.2 Å². The van der Waals surface area contributed by atoms with Gasteiger partial charge in [-0.15, -0.1) is 0 Å². The molecular formula is C13H18N2O2. The van der Waals surface area contributed by atoms with Gasteiger partial charge >= 0.3 is 0 Å². The van der Waals surface area contributed by atoms with E-state index in [2.05, 4.69) is 16.7 Å². The Morgan fingerprint density at radius 3 is 2.94 bits per heavy atom. The number of ether oxygens (including phenoxy) is 2. The summed E-state index contributed by atoms with van der Waals surface area (Å²) in [6.07, 6.45) is 1.26. The zero-order valence-corrected chi connectivity index (χ0v) is 9.87. The second-order valence-corrected chi connectivity index (χ2v) is 4.60. The van der Waals surface area contributed by atoms with Gasteiger partial charge < -0.3 is 20.1 Å². The molecule has 2 heterocycles. The summed E-state index contributed by atoms with van der Waals surface area (Å²) in [5, 5.41) is 6.83. The van der Waals surface area contributed by atoms with Crippen LogP contribution in [0.2, 0.25) is 0 Å². The van der Waals surface area contributed by atoms with E-state index in [4.69, 9.17) is 9.47 Å². The lowest BCUT2D eigenvalue weighted by molar-refractivity contribution is 0.171. The van der Waals surface area contributed by atoms with Crippen LogP contribution in [0.15, 0.2) is 18.2 Å². The van der Waals surface area contributed by atoms with Gasteiger partial charge in [-0.1, -0.05) is 0 Å².